The number of rotatable bonds is 19. The Hall–Kier alpha value is -2.13. The highest BCUT2D eigenvalue weighted by molar-refractivity contribution is 5.87. The zero-order chi connectivity index (χ0) is 23.8. The summed E-state index contributed by atoms with van der Waals surface area (Å²) in [5.74, 6) is -0.163. The van der Waals surface area contributed by atoms with E-state index in [1.165, 1.54) is 25.3 Å². The first-order valence-corrected chi connectivity index (χ1v) is 12.6. The van der Waals surface area contributed by atoms with Crippen molar-refractivity contribution >= 4 is 5.91 Å². The topological polar surface area (TPSA) is 49.3 Å². The van der Waals surface area contributed by atoms with E-state index in [4.69, 9.17) is 0 Å². The van der Waals surface area contributed by atoms with E-state index in [0.29, 0.717) is 6.54 Å². The van der Waals surface area contributed by atoms with Crippen molar-refractivity contribution in [3.63, 3.8) is 0 Å². The second-order valence-electron chi connectivity index (χ2n) is 8.28. The van der Waals surface area contributed by atoms with Gasteiger partial charge in [-0.1, -0.05) is 126 Å². The molecule has 180 valence electrons. The Morgan fingerprint density at radius 1 is 0.688 bits per heavy atom. The number of nitrogens with one attached hydrogen (secondary N) is 1. The fourth-order valence-corrected chi connectivity index (χ4v) is 3.24. The van der Waals surface area contributed by atoms with Crippen molar-refractivity contribution in [3.05, 3.63) is 72.9 Å². The molecule has 0 bridgehead atoms. The summed E-state index contributed by atoms with van der Waals surface area (Å²) >= 11 is 0. The maximum atomic E-state index is 12.0. The van der Waals surface area contributed by atoms with E-state index >= 15 is 0 Å². The first kappa shape index (κ1) is 29.9. The lowest BCUT2D eigenvalue weighted by Crippen LogP contribution is -2.42. The first-order valence-electron chi connectivity index (χ1n) is 12.6. The van der Waals surface area contributed by atoms with Gasteiger partial charge in [0.2, 0.25) is 5.91 Å². The molecule has 0 spiro atoms. The largest absolute Gasteiger partial charge is 0.388 e. The van der Waals surface area contributed by atoms with Crippen LogP contribution < -0.4 is 5.32 Å². The van der Waals surface area contributed by atoms with Gasteiger partial charge in [-0.25, -0.2) is 0 Å². The smallest absolute Gasteiger partial charge is 0.244 e. The summed E-state index contributed by atoms with van der Waals surface area (Å²) in [6.45, 7) is 6.74. The molecule has 2 N–H and O–H groups in total. The molecule has 0 saturated carbocycles. The molecule has 0 rings (SSSR count). The number of carbonyl (C=O) groups is 1. The van der Waals surface area contributed by atoms with Gasteiger partial charge in [0, 0.05) is 12.6 Å². The van der Waals surface area contributed by atoms with Crippen LogP contribution in [0.2, 0.25) is 0 Å². The zero-order valence-corrected chi connectivity index (χ0v) is 20.8. The Kier molecular flexibility index (Phi) is 20.6. The molecule has 0 saturated heterocycles. The third kappa shape index (κ3) is 19.8. The molecule has 0 fully saturated rings. The standard InChI is InChI=1S/C29H47NO2/c1-4-7-9-11-12-13-14-15-16-17-18-19-20-21-22-24-28(31)30-27-29(32,25-6-3)26-23-10-8-5-2/h9,11-15,18-22,24,32H,4-8,10,16-17,23,25-27H2,1-3H3,(H,30,31). The molecule has 0 radical (unpaired) electrons. The van der Waals surface area contributed by atoms with Crippen molar-refractivity contribution in [2.75, 3.05) is 6.54 Å². The lowest BCUT2D eigenvalue weighted by Gasteiger charge is -2.28. The number of allylic oxidation sites excluding steroid dienone is 11. The summed E-state index contributed by atoms with van der Waals surface area (Å²) in [5, 5.41) is 13.6. The Balaban J connectivity index is 4.08. The number of unbranched alkanes of at least 4 members (excludes halogenated alkanes) is 5. The van der Waals surface area contributed by atoms with Crippen molar-refractivity contribution in [2.24, 2.45) is 0 Å². The van der Waals surface area contributed by atoms with Gasteiger partial charge in [-0.15, -0.1) is 0 Å². The molecular formula is C29H47NO2. The number of aliphatic hydroxyl groups is 1. The molecule has 0 aliphatic heterocycles. The monoisotopic (exact) mass is 441 g/mol. The van der Waals surface area contributed by atoms with Gasteiger partial charge in [0.05, 0.1) is 5.60 Å². The SMILES string of the molecule is CCCC=CC=CC=CCCC=CC=CC=CC(=O)NCC(O)(CCC)CCCCCC. The van der Waals surface area contributed by atoms with Gasteiger partial charge in [-0.2, -0.15) is 0 Å². The van der Waals surface area contributed by atoms with Crippen molar-refractivity contribution in [2.45, 2.75) is 97.0 Å². The van der Waals surface area contributed by atoms with Crippen LogP contribution in [0.5, 0.6) is 0 Å². The van der Waals surface area contributed by atoms with E-state index in [1.807, 2.05) is 18.2 Å². The minimum Gasteiger partial charge on any atom is -0.388 e. The lowest BCUT2D eigenvalue weighted by atomic mass is 9.91. The van der Waals surface area contributed by atoms with Crippen LogP contribution in [-0.4, -0.2) is 23.2 Å². The van der Waals surface area contributed by atoms with Crippen LogP contribution in [0, 0.1) is 0 Å². The molecule has 0 aromatic carbocycles. The predicted octanol–water partition coefficient (Wildman–Crippen LogP) is 7.52. The number of hydrogen-bond donors (Lipinski definition) is 2. The Labute approximate surface area is 197 Å². The van der Waals surface area contributed by atoms with Crippen LogP contribution in [-0.2, 0) is 4.79 Å². The third-order valence-electron chi connectivity index (χ3n) is 5.08. The molecule has 0 aromatic rings. The Morgan fingerprint density at radius 3 is 1.84 bits per heavy atom. The fraction of sp³-hybridized carbons (Fsp3) is 0.552. The molecule has 0 aliphatic carbocycles. The van der Waals surface area contributed by atoms with Crippen molar-refractivity contribution < 1.29 is 9.90 Å². The molecular weight excluding hydrogens is 394 g/mol. The molecule has 32 heavy (non-hydrogen) atoms. The van der Waals surface area contributed by atoms with Gasteiger partial charge in [0.15, 0.2) is 0 Å². The van der Waals surface area contributed by atoms with Crippen LogP contribution in [0.1, 0.15) is 91.4 Å². The predicted molar refractivity (Wildman–Crippen MR) is 141 cm³/mol. The van der Waals surface area contributed by atoms with E-state index in [9.17, 15) is 9.90 Å². The normalized spacial score (nSPS) is 14.8. The van der Waals surface area contributed by atoms with Crippen LogP contribution >= 0.6 is 0 Å². The molecule has 0 aromatic heterocycles. The fourth-order valence-electron chi connectivity index (χ4n) is 3.24. The van der Waals surface area contributed by atoms with E-state index in [1.54, 1.807) is 6.08 Å². The minimum absolute atomic E-state index is 0.163. The van der Waals surface area contributed by atoms with Crippen molar-refractivity contribution in [1.29, 1.82) is 0 Å². The molecule has 0 aliphatic rings. The molecule has 1 unspecified atom stereocenters. The zero-order valence-electron chi connectivity index (χ0n) is 20.8. The summed E-state index contributed by atoms with van der Waals surface area (Å²) in [7, 11) is 0. The number of carbonyl (C=O) groups excluding carboxylic acids is 1. The van der Waals surface area contributed by atoms with E-state index in [0.717, 1.165) is 51.4 Å². The van der Waals surface area contributed by atoms with Crippen molar-refractivity contribution in [3.8, 4) is 0 Å². The summed E-state index contributed by atoms with van der Waals surface area (Å²) < 4.78 is 0. The second kappa shape index (κ2) is 22.1. The van der Waals surface area contributed by atoms with Gasteiger partial charge >= 0.3 is 0 Å². The van der Waals surface area contributed by atoms with Crippen LogP contribution in [0.4, 0.5) is 0 Å². The van der Waals surface area contributed by atoms with E-state index < -0.39 is 5.60 Å². The molecule has 0 heterocycles. The average molecular weight is 442 g/mol. The van der Waals surface area contributed by atoms with Gasteiger partial charge in [-0.3, -0.25) is 4.79 Å². The van der Waals surface area contributed by atoms with E-state index in [2.05, 4.69) is 68.6 Å². The van der Waals surface area contributed by atoms with Gasteiger partial charge in [0.25, 0.3) is 0 Å². The highest BCUT2D eigenvalue weighted by Gasteiger charge is 2.25. The summed E-state index contributed by atoms with van der Waals surface area (Å²) in [6.07, 6.45) is 35.0. The van der Waals surface area contributed by atoms with Gasteiger partial charge in [-0.05, 0) is 32.1 Å². The molecule has 3 nitrogen and oxygen atoms in total. The first-order chi connectivity index (χ1) is 15.6. The van der Waals surface area contributed by atoms with Crippen molar-refractivity contribution in [1.82, 2.24) is 5.32 Å². The second-order valence-corrected chi connectivity index (χ2v) is 8.28. The Bertz CT molecular complexity index is 625. The highest BCUT2D eigenvalue weighted by atomic mass is 16.3. The highest BCUT2D eigenvalue weighted by Crippen LogP contribution is 2.20. The maximum absolute atomic E-state index is 12.0. The van der Waals surface area contributed by atoms with Gasteiger partial charge in [0.1, 0.15) is 0 Å². The number of hydrogen-bond acceptors (Lipinski definition) is 2. The summed E-state index contributed by atoms with van der Waals surface area (Å²) in [4.78, 5) is 12.0. The minimum atomic E-state index is -0.791. The number of amides is 1. The maximum Gasteiger partial charge on any atom is 0.244 e. The van der Waals surface area contributed by atoms with Crippen LogP contribution in [0.25, 0.3) is 0 Å². The van der Waals surface area contributed by atoms with Crippen LogP contribution in [0.3, 0.4) is 0 Å². The van der Waals surface area contributed by atoms with Gasteiger partial charge < -0.3 is 10.4 Å². The quantitative estimate of drug-likeness (QED) is 0.124. The molecule has 3 heteroatoms. The summed E-state index contributed by atoms with van der Waals surface area (Å²) in [6, 6.07) is 0. The molecule has 1 amide bonds. The van der Waals surface area contributed by atoms with E-state index in [-0.39, 0.29) is 5.91 Å². The van der Waals surface area contributed by atoms with Crippen LogP contribution in [0.15, 0.2) is 72.9 Å². The lowest BCUT2D eigenvalue weighted by molar-refractivity contribution is -0.118. The third-order valence-corrected chi connectivity index (χ3v) is 5.08. The molecule has 1 atom stereocenters. The average Bonchev–Trinajstić information content (AvgIpc) is 2.78. The Morgan fingerprint density at radius 2 is 1.28 bits per heavy atom. The summed E-state index contributed by atoms with van der Waals surface area (Å²) in [5.41, 5.74) is -0.791.